The fourth-order valence-electron chi connectivity index (χ4n) is 1.34. The van der Waals surface area contributed by atoms with E-state index in [1.165, 1.54) is 0 Å². The Balaban J connectivity index is 2.30. The Hall–Kier alpha value is -1.40. The normalized spacial score (nSPS) is 14.3. The van der Waals surface area contributed by atoms with Crippen LogP contribution in [0, 0.1) is 0 Å². The average Bonchev–Trinajstić information content (AvgIpc) is 2.36. The monoisotopic (exact) mass is 317 g/mol. The van der Waals surface area contributed by atoms with Crippen molar-refractivity contribution in [1.82, 2.24) is 5.48 Å². The minimum absolute atomic E-state index is 0.0201. The molecule has 0 heterocycles. The van der Waals surface area contributed by atoms with Crippen LogP contribution in [0.25, 0.3) is 0 Å². The van der Waals surface area contributed by atoms with Gasteiger partial charge in [0, 0.05) is 0 Å². The predicted octanol–water partition coefficient (Wildman–Crippen LogP) is 2.80. The van der Waals surface area contributed by atoms with Gasteiger partial charge in [-0.1, -0.05) is 30.3 Å². The lowest BCUT2D eigenvalue weighted by Gasteiger charge is -2.20. The van der Waals surface area contributed by atoms with E-state index in [1.807, 2.05) is 30.3 Å². The Morgan fingerprint density at radius 2 is 1.90 bits per heavy atom. The van der Waals surface area contributed by atoms with Gasteiger partial charge in [0.05, 0.1) is 6.61 Å². The van der Waals surface area contributed by atoms with E-state index in [4.69, 9.17) is 9.26 Å². The van der Waals surface area contributed by atoms with Gasteiger partial charge in [-0.05, 0) is 32.8 Å². The molecule has 2 N–H and O–H groups in total. The fourth-order valence-corrected chi connectivity index (χ4v) is 1.91. The highest BCUT2D eigenvalue weighted by atomic mass is 31.2. The maximum Gasteiger partial charge on any atom is 0.493 e. The van der Waals surface area contributed by atoms with Crippen molar-refractivity contribution < 1.29 is 28.1 Å². The van der Waals surface area contributed by atoms with Crippen LogP contribution in [0.3, 0.4) is 0 Å². The lowest BCUT2D eigenvalue weighted by Crippen LogP contribution is -2.32. The first kappa shape index (κ1) is 17.7. The molecule has 0 saturated carbocycles. The summed E-state index contributed by atoms with van der Waals surface area (Å²) in [5, 5.41) is 0. The largest absolute Gasteiger partial charge is 0.493 e. The van der Waals surface area contributed by atoms with Crippen LogP contribution in [0.15, 0.2) is 30.3 Å². The van der Waals surface area contributed by atoms with Crippen molar-refractivity contribution in [3.8, 4) is 0 Å². The van der Waals surface area contributed by atoms with E-state index >= 15 is 0 Å². The highest BCUT2D eigenvalue weighted by molar-refractivity contribution is 7.47. The molecule has 1 atom stereocenters. The first-order valence-electron chi connectivity index (χ1n) is 6.37. The molecule has 0 spiro atoms. The lowest BCUT2D eigenvalue weighted by atomic mass is 10.2. The van der Waals surface area contributed by atoms with Crippen molar-refractivity contribution >= 4 is 13.9 Å². The lowest BCUT2D eigenvalue weighted by molar-refractivity contribution is 0.0179. The molecule has 0 fully saturated rings. The van der Waals surface area contributed by atoms with Crippen LogP contribution in [0.5, 0.6) is 0 Å². The van der Waals surface area contributed by atoms with Crippen molar-refractivity contribution in [2.24, 2.45) is 0 Å². The summed E-state index contributed by atoms with van der Waals surface area (Å²) in [6, 6.07) is 9.31. The number of carbonyl (C=O) groups is 1. The van der Waals surface area contributed by atoms with E-state index in [-0.39, 0.29) is 6.61 Å². The SMILES string of the molecule is CC(C)(C)OC(=O)NOP(=O)(O)OCCc1ccccc1. The number of phosphoric ester groups is 1. The molecule has 1 aromatic rings. The molecule has 1 amide bonds. The number of amides is 1. The third kappa shape index (κ3) is 8.47. The van der Waals surface area contributed by atoms with Crippen LogP contribution in [0.1, 0.15) is 26.3 Å². The van der Waals surface area contributed by atoms with Gasteiger partial charge in [0.15, 0.2) is 0 Å². The van der Waals surface area contributed by atoms with Crippen LogP contribution in [-0.2, 0) is 24.9 Å². The molecule has 1 aromatic carbocycles. The number of carbonyl (C=O) groups excluding carboxylic acids is 1. The molecule has 0 saturated heterocycles. The Labute approximate surface area is 123 Å². The molecule has 0 radical (unpaired) electrons. The van der Waals surface area contributed by atoms with Crippen LogP contribution in [0.2, 0.25) is 0 Å². The van der Waals surface area contributed by atoms with Crippen LogP contribution >= 0.6 is 7.82 Å². The van der Waals surface area contributed by atoms with Gasteiger partial charge in [0.2, 0.25) is 0 Å². The van der Waals surface area contributed by atoms with Gasteiger partial charge in [0.25, 0.3) is 0 Å². The maximum atomic E-state index is 11.5. The summed E-state index contributed by atoms with van der Waals surface area (Å²) in [7, 11) is -4.36. The minimum atomic E-state index is -4.36. The quantitative estimate of drug-likeness (QED) is 0.619. The second-order valence-electron chi connectivity index (χ2n) is 5.23. The van der Waals surface area contributed by atoms with E-state index in [2.05, 4.69) is 4.62 Å². The van der Waals surface area contributed by atoms with Gasteiger partial charge in [0.1, 0.15) is 5.60 Å². The topological polar surface area (TPSA) is 94.1 Å². The zero-order valence-corrected chi connectivity index (χ0v) is 13.1. The predicted molar refractivity (Wildman–Crippen MR) is 76.4 cm³/mol. The fraction of sp³-hybridized carbons (Fsp3) is 0.462. The first-order valence-corrected chi connectivity index (χ1v) is 7.86. The van der Waals surface area contributed by atoms with Crippen LogP contribution in [0.4, 0.5) is 4.79 Å². The number of hydrogen-bond acceptors (Lipinski definition) is 5. The number of rotatable bonds is 6. The molecule has 21 heavy (non-hydrogen) atoms. The molecule has 118 valence electrons. The summed E-state index contributed by atoms with van der Waals surface area (Å²) in [5.41, 5.74) is 1.95. The average molecular weight is 317 g/mol. The molecule has 0 aromatic heterocycles. The minimum Gasteiger partial charge on any atom is -0.442 e. The second-order valence-corrected chi connectivity index (χ2v) is 6.61. The Bertz CT molecular complexity index is 499. The summed E-state index contributed by atoms with van der Waals surface area (Å²) in [6.45, 7) is 4.94. The van der Waals surface area contributed by atoms with E-state index in [0.29, 0.717) is 6.42 Å². The number of phosphoric acid groups is 1. The Kier molecular flexibility index (Phi) is 6.36. The molecule has 0 aliphatic heterocycles. The number of hydrogen-bond donors (Lipinski definition) is 2. The zero-order valence-electron chi connectivity index (χ0n) is 12.2. The Morgan fingerprint density at radius 3 is 2.48 bits per heavy atom. The zero-order chi connectivity index (χ0) is 15.9. The summed E-state index contributed by atoms with van der Waals surface area (Å²) < 4.78 is 25.4. The molecular weight excluding hydrogens is 297 g/mol. The number of nitrogens with one attached hydrogen (secondary N) is 1. The summed E-state index contributed by atoms with van der Waals surface area (Å²) in [4.78, 5) is 20.6. The summed E-state index contributed by atoms with van der Waals surface area (Å²) in [5.74, 6) is 0. The standard InChI is InChI=1S/C13H20NO6P/c1-13(2,3)19-12(15)14-20-21(16,17)18-10-9-11-7-5-4-6-8-11/h4-8H,9-10H2,1-3H3,(H,14,15)(H,16,17). The van der Waals surface area contributed by atoms with Crippen LogP contribution < -0.4 is 5.48 Å². The molecule has 0 aliphatic carbocycles. The first-order chi connectivity index (χ1) is 9.68. The summed E-state index contributed by atoms with van der Waals surface area (Å²) in [6.07, 6.45) is -0.523. The smallest absolute Gasteiger partial charge is 0.442 e. The van der Waals surface area contributed by atoms with E-state index in [0.717, 1.165) is 5.56 Å². The Morgan fingerprint density at radius 1 is 1.29 bits per heavy atom. The molecule has 7 nitrogen and oxygen atoms in total. The van der Waals surface area contributed by atoms with Gasteiger partial charge < -0.3 is 9.63 Å². The summed E-state index contributed by atoms with van der Waals surface area (Å²) >= 11 is 0. The third-order valence-electron chi connectivity index (χ3n) is 2.13. The third-order valence-corrected chi connectivity index (χ3v) is 2.96. The van der Waals surface area contributed by atoms with Crippen molar-refractivity contribution in [3.63, 3.8) is 0 Å². The van der Waals surface area contributed by atoms with Crippen molar-refractivity contribution in [1.29, 1.82) is 0 Å². The van der Waals surface area contributed by atoms with E-state index < -0.39 is 19.5 Å². The molecule has 0 bridgehead atoms. The molecule has 1 rings (SSSR count). The second kappa shape index (κ2) is 7.56. The maximum absolute atomic E-state index is 11.5. The number of benzene rings is 1. The van der Waals surface area contributed by atoms with Crippen molar-refractivity contribution in [2.45, 2.75) is 32.8 Å². The van der Waals surface area contributed by atoms with Crippen molar-refractivity contribution in [2.75, 3.05) is 6.61 Å². The molecule has 0 aliphatic rings. The highest BCUT2D eigenvalue weighted by Gasteiger charge is 2.24. The van der Waals surface area contributed by atoms with Gasteiger partial charge in [-0.25, -0.2) is 9.36 Å². The van der Waals surface area contributed by atoms with Gasteiger partial charge >= 0.3 is 13.9 Å². The van der Waals surface area contributed by atoms with Gasteiger partial charge in [-0.3, -0.25) is 4.52 Å². The van der Waals surface area contributed by atoms with Gasteiger partial charge in [-0.2, -0.15) is 10.1 Å². The highest BCUT2D eigenvalue weighted by Crippen LogP contribution is 2.41. The van der Waals surface area contributed by atoms with E-state index in [9.17, 15) is 14.3 Å². The number of hydroxylamine groups is 1. The molecular formula is C13H20NO6P. The number of ether oxygens (including phenoxy) is 1. The van der Waals surface area contributed by atoms with Crippen LogP contribution in [-0.4, -0.2) is 23.2 Å². The molecule has 1 unspecified atom stereocenters. The van der Waals surface area contributed by atoms with Gasteiger partial charge in [-0.15, -0.1) is 0 Å². The van der Waals surface area contributed by atoms with E-state index in [1.54, 1.807) is 26.3 Å². The molecule has 8 heteroatoms. The van der Waals surface area contributed by atoms with Crippen molar-refractivity contribution in [3.05, 3.63) is 35.9 Å².